The highest BCUT2D eigenvalue weighted by Crippen LogP contribution is 2.45. The lowest BCUT2D eigenvalue weighted by Gasteiger charge is -2.51. The average Bonchev–Trinajstić information content (AvgIpc) is 3.95. The first-order valence-electron chi connectivity index (χ1n) is 16.9. The number of piperidine rings is 1. The van der Waals surface area contributed by atoms with Gasteiger partial charge in [0.25, 0.3) is 11.8 Å². The summed E-state index contributed by atoms with van der Waals surface area (Å²) in [5.41, 5.74) is -3.76. The number of hydrogen-bond donors (Lipinski definition) is 1. The fourth-order valence-electron chi connectivity index (χ4n) is 7.03. The number of para-hydroxylation sites is 2. The molecule has 1 N–H and O–H groups in total. The fraction of sp³-hybridized carbons (Fsp3) is 0.472. The largest absolute Gasteiger partial charge is 0.489 e. The topological polar surface area (TPSA) is 95.4 Å². The summed E-state index contributed by atoms with van der Waals surface area (Å²) in [6.45, 7) is 1.17. The number of rotatable bonds is 10. The number of alkyl halides is 6. The molecule has 2 saturated heterocycles. The molecule has 6 rings (SSSR count). The van der Waals surface area contributed by atoms with Crippen molar-refractivity contribution in [1.29, 1.82) is 0 Å². The second-order valence-electron chi connectivity index (χ2n) is 13.0. The van der Waals surface area contributed by atoms with Gasteiger partial charge in [-0.3, -0.25) is 14.6 Å². The Morgan fingerprint density at radius 3 is 2.25 bits per heavy atom. The van der Waals surface area contributed by atoms with Gasteiger partial charge in [0.05, 0.1) is 35.0 Å². The molecular weight excluding hydrogens is 682 g/mol. The van der Waals surface area contributed by atoms with Crippen molar-refractivity contribution in [2.45, 2.75) is 56.1 Å². The smallest absolute Gasteiger partial charge is 0.417 e. The first kappa shape index (κ1) is 36.3. The number of carbonyl (C=O) groups is 2. The molecule has 1 saturated carbocycles. The number of aromatic nitrogens is 1. The third-order valence-corrected chi connectivity index (χ3v) is 9.70. The number of amides is 2. The van der Waals surface area contributed by atoms with E-state index in [0.717, 1.165) is 61.3 Å². The van der Waals surface area contributed by atoms with Crippen LogP contribution in [0, 0.1) is 5.92 Å². The molecule has 1 aliphatic carbocycles. The number of aliphatic hydroxyl groups is 1. The summed E-state index contributed by atoms with van der Waals surface area (Å²) < 4.78 is 94.8. The Morgan fingerprint density at radius 2 is 1.61 bits per heavy atom. The second-order valence-corrected chi connectivity index (χ2v) is 13.0. The summed E-state index contributed by atoms with van der Waals surface area (Å²) in [5.74, 6) is -0.823. The maximum Gasteiger partial charge on any atom is 0.417 e. The molecule has 2 aliphatic heterocycles. The molecule has 1 unspecified atom stereocenters. The zero-order chi connectivity index (χ0) is 36.4. The van der Waals surface area contributed by atoms with Crippen LogP contribution in [0.15, 0.2) is 67.0 Å². The van der Waals surface area contributed by atoms with Crippen molar-refractivity contribution in [2.75, 3.05) is 50.8 Å². The minimum absolute atomic E-state index is 0.0302. The zero-order valence-corrected chi connectivity index (χ0v) is 27.6. The average molecular weight is 721 g/mol. The predicted molar refractivity (Wildman–Crippen MR) is 173 cm³/mol. The van der Waals surface area contributed by atoms with E-state index in [-0.39, 0.29) is 63.8 Å². The van der Waals surface area contributed by atoms with Gasteiger partial charge in [-0.1, -0.05) is 25.0 Å². The van der Waals surface area contributed by atoms with E-state index in [1.165, 1.54) is 4.90 Å². The van der Waals surface area contributed by atoms with Crippen LogP contribution in [0.25, 0.3) is 0 Å². The third-order valence-electron chi connectivity index (χ3n) is 9.70. The number of hydrogen-bond acceptors (Lipinski definition) is 7. The fourth-order valence-corrected chi connectivity index (χ4v) is 7.03. The van der Waals surface area contributed by atoms with Crippen molar-refractivity contribution in [1.82, 2.24) is 14.8 Å². The molecule has 274 valence electrons. The zero-order valence-electron chi connectivity index (χ0n) is 27.6. The summed E-state index contributed by atoms with van der Waals surface area (Å²) in [5, 5.41) is 9.25. The van der Waals surface area contributed by atoms with Gasteiger partial charge in [0.2, 0.25) is 5.60 Å². The Kier molecular flexibility index (Phi) is 10.4. The summed E-state index contributed by atoms with van der Waals surface area (Å²) in [7, 11) is 0. The van der Waals surface area contributed by atoms with Crippen molar-refractivity contribution in [3.8, 4) is 11.5 Å². The van der Waals surface area contributed by atoms with Crippen LogP contribution in [0.5, 0.6) is 11.5 Å². The molecule has 51 heavy (non-hydrogen) atoms. The highest BCUT2D eigenvalue weighted by Gasteiger charge is 2.57. The van der Waals surface area contributed by atoms with E-state index in [1.807, 2.05) is 17.0 Å². The van der Waals surface area contributed by atoms with E-state index in [4.69, 9.17) is 9.47 Å². The summed E-state index contributed by atoms with van der Waals surface area (Å²) in [6, 6.07) is 10.9. The summed E-state index contributed by atoms with van der Waals surface area (Å²) in [4.78, 5) is 37.7. The molecule has 2 amide bonds. The van der Waals surface area contributed by atoms with Crippen LogP contribution in [0.2, 0.25) is 0 Å². The SMILES string of the molecule is O=C(c1cnccc1C(F)(F)F)N1CCC[C@@](Oc2ccc(C(F)(F)F)cc2)(C(=O)N2CCN(c3ccccc3OCCO)CC2)C1CC1CC1. The second kappa shape index (κ2) is 14.6. The summed E-state index contributed by atoms with van der Waals surface area (Å²) in [6.07, 6.45) is -5.51. The molecule has 1 aromatic heterocycles. The lowest BCUT2D eigenvalue weighted by atomic mass is 9.79. The number of likely N-dealkylation sites (tertiary alicyclic amines) is 1. The highest BCUT2D eigenvalue weighted by molar-refractivity contribution is 5.97. The number of carbonyl (C=O) groups excluding carboxylic acids is 2. The third kappa shape index (κ3) is 7.87. The maximum absolute atomic E-state index is 14.9. The van der Waals surface area contributed by atoms with Crippen molar-refractivity contribution in [2.24, 2.45) is 5.92 Å². The van der Waals surface area contributed by atoms with Gasteiger partial charge in [0, 0.05) is 51.5 Å². The number of halogens is 6. The molecule has 3 aromatic rings. The van der Waals surface area contributed by atoms with Crippen LogP contribution >= 0.6 is 0 Å². The van der Waals surface area contributed by atoms with E-state index in [2.05, 4.69) is 4.98 Å². The van der Waals surface area contributed by atoms with Gasteiger partial charge in [-0.2, -0.15) is 26.3 Å². The lowest BCUT2D eigenvalue weighted by Crippen LogP contribution is -2.69. The van der Waals surface area contributed by atoms with E-state index in [9.17, 15) is 41.0 Å². The normalized spacial score (nSPS) is 21.4. The Bertz CT molecular complexity index is 1690. The number of benzene rings is 2. The van der Waals surface area contributed by atoms with Gasteiger partial charge in [-0.15, -0.1) is 0 Å². The molecule has 2 aromatic carbocycles. The standard InChI is InChI=1S/C36H38F6N4O5/c37-35(38,39)25-8-10-26(11-9-25)51-34(33(49)45-18-16-44(17-19-45)29-4-1-2-5-30(29)50-21-20-47)13-3-15-46(31(34)22-24-6-7-24)32(48)27-23-43-14-12-28(27)36(40,41)42/h1-2,4-5,8-12,14,23-24,31,47H,3,6-7,13,15-22H2/t31?,34-/m0/s1. The number of piperazine rings is 1. The van der Waals surface area contributed by atoms with Crippen LogP contribution in [-0.2, 0) is 17.1 Å². The first-order chi connectivity index (χ1) is 24.3. The van der Waals surface area contributed by atoms with Crippen LogP contribution in [0.3, 0.4) is 0 Å². The quantitative estimate of drug-likeness (QED) is 0.255. The molecular formula is C36H38F6N4O5. The Hall–Kier alpha value is -4.53. The van der Waals surface area contributed by atoms with Gasteiger partial charge in [-0.25, -0.2) is 0 Å². The molecule has 3 aliphatic rings. The summed E-state index contributed by atoms with van der Waals surface area (Å²) >= 11 is 0. The van der Waals surface area contributed by atoms with E-state index >= 15 is 0 Å². The number of anilines is 1. The Labute approximate surface area is 290 Å². The van der Waals surface area contributed by atoms with E-state index in [0.29, 0.717) is 18.8 Å². The van der Waals surface area contributed by atoms with Gasteiger partial charge in [-0.05, 0) is 61.2 Å². The Balaban J connectivity index is 1.35. The van der Waals surface area contributed by atoms with Gasteiger partial charge in [0.1, 0.15) is 18.1 Å². The molecule has 3 fully saturated rings. The number of aliphatic hydroxyl groups excluding tert-OH is 1. The van der Waals surface area contributed by atoms with Crippen molar-refractivity contribution < 1.29 is 50.5 Å². The van der Waals surface area contributed by atoms with Crippen LogP contribution in [-0.4, -0.2) is 89.3 Å². The molecule has 2 atom stereocenters. The molecule has 15 heteroatoms. The minimum atomic E-state index is -4.85. The van der Waals surface area contributed by atoms with E-state index < -0.39 is 52.5 Å². The number of pyridine rings is 1. The van der Waals surface area contributed by atoms with Crippen molar-refractivity contribution in [3.05, 3.63) is 83.7 Å². The molecule has 3 heterocycles. The van der Waals surface area contributed by atoms with Gasteiger partial charge in [0.15, 0.2) is 0 Å². The van der Waals surface area contributed by atoms with Crippen molar-refractivity contribution in [3.63, 3.8) is 0 Å². The monoisotopic (exact) mass is 720 g/mol. The molecule has 0 radical (unpaired) electrons. The number of ether oxygens (including phenoxy) is 2. The van der Waals surface area contributed by atoms with Gasteiger partial charge >= 0.3 is 12.4 Å². The first-order valence-corrected chi connectivity index (χ1v) is 16.9. The molecule has 9 nitrogen and oxygen atoms in total. The van der Waals surface area contributed by atoms with Crippen LogP contribution in [0.4, 0.5) is 32.0 Å². The van der Waals surface area contributed by atoms with Crippen molar-refractivity contribution >= 4 is 17.5 Å². The lowest BCUT2D eigenvalue weighted by molar-refractivity contribution is -0.160. The Morgan fingerprint density at radius 1 is 0.902 bits per heavy atom. The van der Waals surface area contributed by atoms with Crippen LogP contribution < -0.4 is 14.4 Å². The minimum Gasteiger partial charge on any atom is -0.489 e. The van der Waals surface area contributed by atoms with E-state index in [1.54, 1.807) is 17.0 Å². The molecule has 0 spiro atoms. The highest BCUT2D eigenvalue weighted by atomic mass is 19.4. The van der Waals surface area contributed by atoms with Crippen LogP contribution in [0.1, 0.15) is 53.6 Å². The predicted octanol–water partition coefficient (Wildman–Crippen LogP) is 6.06. The molecule has 0 bridgehead atoms. The maximum atomic E-state index is 14.9. The van der Waals surface area contributed by atoms with Gasteiger partial charge < -0.3 is 29.3 Å². The number of nitrogens with zero attached hydrogens (tertiary/aromatic N) is 4.